The molecule has 0 atom stereocenters. The summed E-state index contributed by atoms with van der Waals surface area (Å²) in [6.45, 7) is 6.68. The van der Waals surface area contributed by atoms with Gasteiger partial charge in [0.05, 0.1) is 26.9 Å². The molecule has 1 aliphatic heterocycles. The van der Waals surface area contributed by atoms with Gasteiger partial charge in [-0.15, -0.1) is 0 Å². The Bertz CT molecular complexity index is 539. The summed E-state index contributed by atoms with van der Waals surface area (Å²) in [4.78, 5) is 3.62. The van der Waals surface area contributed by atoms with E-state index in [-0.39, 0.29) is 0 Å². The van der Waals surface area contributed by atoms with Crippen molar-refractivity contribution in [3.8, 4) is 5.75 Å². The lowest BCUT2D eigenvalue weighted by Gasteiger charge is -2.25. The van der Waals surface area contributed by atoms with Gasteiger partial charge in [-0.2, -0.15) is 0 Å². The summed E-state index contributed by atoms with van der Waals surface area (Å²) in [6, 6.07) is 5.63. The van der Waals surface area contributed by atoms with E-state index < -0.39 is 0 Å². The van der Waals surface area contributed by atoms with Gasteiger partial charge in [-0.1, -0.05) is 11.6 Å². The average Bonchev–Trinajstić information content (AvgIpc) is 2.59. The van der Waals surface area contributed by atoms with E-state index in [1.54, 1.807) is 12.0 Å². The Hall–Kier alpha value is -1.08. The molecule has 0 amide bonds. The van der Waals surface area contributed by atoms with Gasteiger partial charge < -0.3 is 24.6 Å². The van der Waals surface area contributed by atoms with Crippen LogP contribution < -0.4 is 15.0 Å². The Morgan fingerprint density at radius 2 is 2.17 bits per heavy atom. The Morgan fingerprint density at radius 1 is 1.42 bits per heavy atom. The van der Waals surface area contributed by atoms with Crippen LogP contribution in [0.25, 0.3) is 0 Å². The SMILES string of the molecule is COc1ccc(Cl)cc1CN(C)C(=S)NCCC[NH+]1CCOCC1. The molecule has 2 N–H and O–H groups in total. The zero-order valence-electron chi connectivity index (χ0n) is 14.4. The van der Waals surface area contributed by atoms with Crippen molar-refractivity contribution in [3.05, 3.63) is 28.8 Å². The number of methoxy groups -OCH3 is 1. The van der Waals surface area contributed by atoms with Crippen molar-refractivity contribution in [2.24, 2.45) is 0 Å². The van der Waals surface area contributed by atoms with Gasteiger partial charge in [0.2, 0.25) is 0 Å². The topological polar surface area (TPSA) is 38.2 Å². The fourth-order valence-electron chi connectivity index (χ4n) is 2.78. The molecule has 1 aliphatic rings. The molecule has 0 spiro atoms. The van der Waals surface area contributed by atoms with Crippen LogP contribution >= 0.6 is 23.8 Å². The van der Waals surface area contributed by atoms with Crippen LogP contribution in [0.4, 0.5) is 0 Å². The van der Waals surface area contributed by atoms with Crippen LogP contribution in [0, 0.1) is 0 Å². The van der Waals surface area contributed by atoms with Gasteiger partial charge >= 0.3 is 0 Å². The minimum absolute atomic E-state index is 0.657. The third-order valence-electron chi connectivity index (χ3n) is 4.18. The molecule has 1 heterocycles. The molecule has 5 nitrogen and oxygen atoms in total. The summed E-state index contributed by atoms with van der Waals surface area (Å²) in [5, 5.41) is 4.78. The molecule has 0 radical (unpaired) electrons. The first-order valence-corrected chi connectivity index (χ1v) is 9.11. The summed E-state index contributed by atoms with van der Waals surface area (Å²) in [5.74, 6) is 0.824. The molecule has 7 heteroatoms. The molecule has 0 saturated carbocycles. The quantitative estimate of drug-likeness (QED) is 0.551. The van der Waals surface area contributed by atoms with Crippen molar-refractivity contribution >= 4 is 28.9 Å². The van der Waals surface area contributed by atoms with Crippen LogP contribution in [-0.2, 0) is 11.3 Å². The maximum absolute atomic E-state index is 6.08. The van der Waals surface area contributed by atoms with Crippen LogP contribution in [0.3, 0.4) is 0 Å². The first-order chi connectivity index (χ1) is 11.6. The van der Waals surface area contributed by atoms with Gasteiger partial charge in [0, 0.05) is 37.1 Å². The second-order valence-electron chi connectivity index (χ2n) is 6.01. The molecular weight excluding hydrogens is 346 g/mol. The first-order valence-electron chi connectivity index (χ1n) is 8.33. The van der Waals surface area contributed by atoms with E-state index >= 15 is 0 Å². The normalized spacial score (nSPS) is 15.1. The molecule has 0 bridgehead atoms. The van der Waals surface area contributed by atoms with Crippen molar-refractivity contribution in [1.29, 1.82) is 0 Å². The number of nitrogens with one attached hydrogen (secondary N) is 2. The standard InChI is InChI=1S/C17H26ClN3O2S/c1-20(13-14-12-15(18)4-5-16(14)22-2)17(24)19-6-3-7-21-8-10-23-11-9-21/h4-5,12H,3,6-11,13H2,1-2H3,(H,19,24)/p+1. The number of morpholine rings is 1. The number of rotatable bonds is 7. The lowest BCUT2D eigenvalue weighted by molar-refractivity contribution is -0.908. The van der Waals surface area contributed by atoms with Gasteiger partial charge in [-0.25, -0.2) is 0 Å². The van der Waals surface area contributed by atoms with Gasteiger partial charge in [0.1, 0.15) is 18.8 Å². The van der Waals surface area contributed by atoms with E-state index in [4.69, 9.17) is 33.3 Å². The maximum atomic E-state index is 6.08. The van der Waals surface area contributed by atoms with Gasteiger partial charge in [0.25, 0.3) is 0 Å². The van der Waals surface area contributed by atoms with Gasteiger partial charge in [0.15, 0.2) is 5.11 Å². The van der Waals surface area contributed by atoms with Crippen molar-refractivity contribution in [2.75, 3.05) is 53.6 Å². The molecular formula is C17H27ClN3O2S+. The van der Waals surface area contributed by atoms with E-state index in [0.717, 1.165) is 62.2 Å². The number of nitrogens with zero attached hydrogens (tertiary/aromatic N) is 1. The van der Waals surface area contributed by atoms with Crippen molar-refractivity contribution in [3.63, 3.8) is 0 Å². The van der Waals surface area contributed by atoms with Crippen LogP contribution in [-0.4, -0.2) is 63.6 Å². The third-order valence-corrected chi connectivity index (χ3v) is 4.87. The Kier molecular flexibility index (Phi) is 8.05. The van der Waals surface area contributed by atoms with Crippen LogP contribution in [0.1, 0.15) is 12.0 Å². The monoisotopic (exact) mass is 372 g/mol. The van der Waals surface area contributed by atoms with Crippen LogP contribution in [0.2, 0.25) is 5.02 Å². The second-order valence-corrected chi connectivity index (χ2v) is 6.83. The largest absolute Gasteiger partial charge is 0.496 e. The molecule has 1 aromatic rings. The fraction of sp³-hybridized carbons (Fsp3) is 0.588. The Labute approximate surface area is 154 Å². The summed E-state index contributed by atoms with van der Waals surface area (Å²) in [7, 11) is 3.64. The summed E-state index contributed by atoms with van der Waals surface area (Å²) in [5.41, 5.74) is 1.02. The number of ether oxygens (including phenoxy) is 2. The highest BCUT2D eigenvalue weighted by Crippen LogP contribution is 2.23. The van der Waals surface area contributed by atoms with E-state index in [9.17, 15) is 0 Å². The summed E-state index contributed by atoms with van der Waals surface area (Å²) in [6.07, 6.45) is 1.10. The minimum atomic E-state index is 0.657. The van der Waals surface area contributed by atoms with Crippen molar-refractivity contribution in [2.45, 2.75) is 13.0 Å². The van der Waals surface area contributed by atoms with E-state index in [1.807, 2.05) is 30.1 Å². The number of thiocarbonyl (C=S) groups is 1. The molecule has 1 aromatic carbocycles. The second kappa shape index (κ2) is 10.0. The van der Waals surface area contributed by atoms with Gasteiger partial charge in [-0.3, -0.25) is 0 Å². The summed E-state index contributed by atoms with van der Waals surface area (Å²) >= 11 is 11.6. The predicted octanol–water partition coefficient (Wildman–Crippen LogP) is 0.960. The number of benzene rings is 1. The lowest BCUT2D eigenvalue weighted by Crippen LogP contribution is -3.14. The van der Waals surface area contributed by atoms with Gasteiger partial charge in [-0.05, 0) is 30.4 Å². The smallest absolute Gasteiger partial charge is 0.168 e. The highest BCUT2D eigenvalue weighted by molar-refractivity contribution is 7.80. The zero-order valence-corrected chi connectivity index (χ0v) is 16.0. The van der Waals surface area contributed by atoms with E-state index in [0.29, 0.717) is 11.6 Å². The molecule has 2 rings (SSSR count). The maximum Gasteiger partial charge on any atom is 0.168 e. The van der Waals surface area contributed by atoms with Crippen LogP contribution in [0.15, 0.2) is 18.2 Å². The molecule has 0 aliphatic carbocycles. The first kappa shape index (κ1) is 19.2. The molecule has 1 fully saturated rings. The fourth-order valence-corrected chi connectivity index (χ4v) is 3.14. The third kappa shape index (κ3) is 6.09. The highest BCUT2D eigenvalue weighted by Gasteiger charge is 2.13. The molecule has 24 heavy (non-hydrogen) atoms. The lowest BCUT2D eigenvalue weighted by atomic mass is 10.2. The summed E-state index contributed by atoms with van der Waals surface area (Å²) < 4.78 is 10.8. The minimum Gasteiger partial charge on any atom is -0.496 e. The molecule has 0 unspecified atom stereocenters. The number of hydrogen-bond acceptors (Lipinski definition) is 3. The van der Waals surface area contributed by atoms with E-state index in [1.165, 1.54) is 0 Å². The number of hydrogen-bond donors (Lipinski definition) is 2. The van der Waals surface area contributed by atoms with Crippen LogP contribution in [0.5, 0.6) is 5.75 Å². The zero-order chi connectivity index (χ0) is 17.4. The highest BCUT2D eigenvalue weighted by atomic mass is 35.5. The van der Waals surface area contributed by atoms with Crippen molar-refractivity contribution in [1.82, 2.24) is 10.2 Å². The molecule has 0 aromatic heterocycles. The van der Waals surface area contributed by atoms with E-state index in [2.05, 4.69) is 5.32 Å². The average molecular weight is 373 g/mol. The number of quaternary nitrogens is 1. The molecule has 134 valence electrons. The van der Waals surface area contributed by atoms with Crippen molar-refractivity contribution < 1.29 is 14.4 Å². The Balaban J connectivity index is 1.72. The number of halogens is 1. The Morgan fingerprint density at radius 3 is 2.88 bits per heavy atom. The predicted molar refractivity (Wildman–Crippen MR) is 101 cm³/mol. The molecule has 1 saturated heterocycles.